The molecule has 1 unspecified atom stereocenters. The number of methoxy groups -OCH3 is 3. The lowest BCUT2D eigenvalue weighted by molar-refractivity contribution is 0.323. The van der Waals surface area contributed by atoms with Crippen LogP contribution in [0.2, 0.25) is 0 Å². The van der Waals surface area contributed by atoms with Gasteiger partial charge < -0.3 is 29.9 Å². The van der Waals surface area contributed by atoms with Crippen LogP contribution >= 0.6 is 35.0 Å². The van der Waals surface area contributed by atoms with Gasteiger partial charge in [-0.2, -0.15) is 0 Å². The summed E-state index contributed by atoms with van der Waals surface area (Å²) in [6, 6.07) is 7.14. The Kier molecular flexibility index (Phi) is 8.48. The van der Waals surface area contributed by atoms with Gasteiger partial charge in [-0.1, -0.05) is 22.6 Å². The number of phenols is 2. The van der Waals surface area contributed by atoms with E-state index in [1.54, 1.807) is 33.5 Å². The van der Waals surface area contributed by atoms with Crippen molar-refractivity contribution >= 4 is 35.0 Å². The highest BCUT2D eigenvalue weighted by molar-refractivity contribution is 14.1. The second-order valence-electron chi connectivity index (χ2n) is 6.19. The SMILES string of the molecule is COc1cc(CC2(I)NCCc3cc(O)c(O)cc32)cc(OC)c1OC.Cl.O. The monoisotopic (exact) mass is 525 g/mol. The van der Waals surface area contributed by atoms with E-state index in [4.69, 9.17) is 14.2 Å². The van der Waals surface area contributed by atoms with Gasteiger partial charge in [-0.25, -0.2) is 0 Å². The Morgan fingerprint density at radius 1 is 1.00 bits per heavy atom. The Hall–Kier alpha value is -1.62. The van der Waals surface area contributed by atoms with E-state index in [9.17, 15) is 10.2 Å². The van der Waals surface area contributed by atoms with Crippen LogP contribution in [0.15, 0.2) is 24.3 Å². The summed E-state index contributed by atoms with van der Waals surface area (Å²) < 4.78 is 15.8. The number of fused-ring (bicyclic) bond motifs is 1. The minimum Gasteiger partial charge on any atom is -0.504 e. The van der Waals surface area contributed by atoms with Crippen LogP contribution in [0, 0.1) is 0 Å². The largest absolute Gasteiger partial charge is 0.504 e. The van der Waals surface area contributed by atoms with E-state index in [0.29, 0.717) is 23.7 Å². The van der Waals surface area contributed by atoms with Crippen LogP contribution in [0.4, 0.5) is 0 Å². The average molecular weight is 526 g/mol. The Morgan fingerprint density at radius 3 is 2.11 bits per heavy atom. The van der Waals surface area contributed by atoms with E-state index >= 15 is 0 Å². The second-order valence-corrected chi connectivity index (χ2v) is 8.03. The van der Waals surface area contributed by atoms with Gasteiger partial charge in [-0.05, 0) is 47.4 Å². The van der Waals surface area contributed by atoms with E-state index < -0.39 is 3.55 Å². The van der Waals surface area contributed by atoms with Crippen molar-refractivity contribution in [3.8, 4) is 28.7 Å². The lowest BCUT2D eigenvalue weighted by Gasteiger charge is -2.36. The number of alkyl halides is 1. The van der Waals surface area contributed by atoms with Crippen LogP contribution in [-0.2, 0) is 16.4 Å². The van der Waals surface area contributed by atoms with Crippen molar-refractivity contribution in [2.75, 3.05) is 27.9 Å². The zero-order chi connectivity index (χ0) is 18.9. The first-order valence-electron chi connectivity index (χ1n) is 8.20. The van der Waals surface area contributed by atoms with Crippen molar-refractivity contribution in [3.63, 3.8) is 0 Å². The van der Waals surface area contributed by atoms with Crippen LogP contribution in [0.3, 0.4) is 0 Å². The third-order valence-corrected chi connectivity index (χ3v) is 5.94. The molecule has 5 N–H and O–H groups in total. The fraction of sp³-hybridized carbons (Fsp3) is 0.368. The molecule has 0 radical (unpaired) electrons. The first kappa shape index (κ1) is 24.4. The molecule has 28 heavy (non-hydrogen) atoms. The highest BCUT2D eigenvalue weighted by Gasteiger charge is 2.35. The number of aromatic hydroxyl groups is 2. The van der Waals surface area contributed by atoms with Crippen molar-refractivity contribution in [1.29, 1.82) is 0 Å². The molecule has 0 bridgehead atoms. The van der Waals surface area contributed by atoms with Crippen molar-refractivity contribution in [1.82, 2.24) is 5.32 Å². The highest BCUT2D eigenvalue weighted by Crippen LogP contribution is 2.44. The molecule has 0 aromatic heterocycles. The molecule has 0 aliphatic carbocycles. The summed E-state index contributed by atoms with van der Waals surface area (Å²) in [5, 5.41) is 23.3. The molecule has 156 valence electrons. The molecule has 2 aromatic rings. The van der Waals surface area contributed by atoms with E-state index in [-0.39, 0.29) is 29.4 Å². The van der Waals surface area contributed by atoms with Crippen LogP contribution < -0.4 is 19.5 Å². The predicted molar refractivity (Wildman–Crippen MR) is 118 cm³/mol. The number of ether oxygens (including phenoxy) is 3. The maximum absolute atomic E-state index is 9.97. The Balaban J connectivity index is 0.00000196. The van der Waals surface area contributed by atoms with Gasteiger partial charge in [0.2, 0.25) is 5.75 Å². The van der Waals surface area contributed by atoms with Crippen molar-refractivity contribution < 1.29 is 29.9 Å². The summed E-state index contributed by atoms with van der Waals surface area (Å²) >= 11 is 2.36. The molecule has 0 amide bonds. The summed E-state index contributed by atoms with van der Waals surface area (Å²) in [5.74, 6) is 1.56. The molecule has 7 nitrogen and oxygen atoms in total. The van der Waals surface area contributed by atoms with E-state index in [2.05, 4.69) is 27.9 Å². The minimum absolute atomic E-state index is 0. The maximum Gasteiger partial charge on any atom is 0.203 e. The number of nitrogens with one attached hydrogen (secondary N) is 1. The first-order chi connectivity index (χ1) is 12.4. The molecular weight excluding hydrogens is 501 g/mol. The topological polar surface area (TPSA) is 112 Å². The van der Waals surface area contributed by atoms with Gasteiger partial charge in [0.1, 0.15) is 3.55 Å². The summed E-state index contributed by atoms with van der Waals surface area (Å²) in [4.78, 5) is 0. The Labute approximate surface area is 183 Å². The van der Waals surface area contributed by atoms with Gasteiger partial charge in [0.25, 0.3) is 0 Å². The zero-order valence-electron chi connectivity index (χ0n) is 15.8. The second kappa shape index (κ2) is 9.73. The molecule has 0 spiro atoms. The number of hydrogen-bond acceptors (Lipinski definition) is 6. The lowest BCUT2D eigenvalue weighted by Crippen LogP contribution is -2.44. The van der Waals surface area contributed by atoms with Gasteiger partial charge in [0.15, 0.2) is 23.0 Å². The molecule has 1 aliphatic rings. The number of benzene rings is 2. The summed E-state index contributed by atoms with van der Waals surface area (Å²) in [6.07, 6.45) is 1.44. The molecule has 2 aromatic carbocycles. The molecule has 0 saturated heterocycles. The predicted octanol–water partition coefficient (Wildman–Crippen LogP) is 2.70. The molecule has 1 atom stereocenters. The fourth-order valence-electron chi connectivity index (χ4n) is 3.36. The molecule has 3 rings (SSSR count). The lowest BCUT2D eigenvalue weighted by atomic mass is 9.89. The van der Waals surface area contributed by atoms with Crippen molar-refractivity contribution in [2.45, 2.75) is 16.4 Å². The fourth-order valence-corrected chi connectivity index (χ4v) is 4.57. The smallest absolute Gasteiger partial charge is 0.203 e. The summed E-state index contributed by atoms with van der Waals surface area (Å²) in [5.41, 5.74) is 3.00. The van der Waals surface area contributed by atoms with E-state index in [1.807, 2.05) is 12.1 Å². The zero-order valence-corrected chi connectivity index (χ0v) is 18.8. The molecule has 0 saturated carbocycles. The Morgan fingerprint density at radius 2 is 1.57 bits per heavy atom. The standard InChI is InChI=1S/C19H22INO5.ClH.H2O/c1-24-16-6-11(7-17(25-2)18(16)26-3)10-19(20)13-9-15(23)14(22)8-12(13)4-5-21-19;;/h6-9,21-23H,4-5,10H2,1-3H3;1H;1H2. The first-order valence-corrected chi connectivity index (χ1v) is 9.28. The summed E-state index contributed by atoms with van der Waals surface area (Å²) in [7, 11) is 4.76. The van der Waals surface area contributed by atoms with Gasteiger partial charge in [0.05, 0.1) is 21.3 Å². The van der Waals surface area contributed by atoms with Crippen LogP contribution in [-0.4, -0.2) is 43.6 Å². The molecule has 9 heteroatoms. The van der Waals surface area contributed by atoms with Crippen molar-refractivity contribution in [3.05, 3.63) is 41.0 Å². The third kappa shape index (κ3) is 4.51. The quantitative estimate of drug-likeness (QED) is 0.240. The molecule has 1 aliphatic heterocycles. The average Bonchev–Trinajstić information content (AvgIpc) is 2.62. The van der Waals surface area contributed by atoms with Crippen LogP contribution in [0.1, 0.15) is 16.7 Å². The number of halogens is 2. The van der Waals surface area contributed by atoms with Gasteiger partial charge in [-0.3, -0.25) is 5.32 Å². The van der Waals surface area contributed by atoms with E-state index in [0.717, 1.165) is 29.7 Å². The molecular formula is C19H25ClINO6. The van der Waals surface area contributed by atoms with Gasteiger partial charge in [-0.15, -0.1) is 12.4 Å². The maximum atomic E-state index is 9.97. The van der Waals surface area contributed by atoms with Gasteiger partial charge >= 0.3 is 0 Å². The number of rotatable bonds is 5. The molecule has 0 fully saturated rings. The number of phenolic OH excluding ortho intramolecular Hbond substituents is 2. The van der Waals surface area contributed by atoms with Crippen molar-refractivity contribution in [2.24, 2.45) is 0 Å². The van der Waals surface area contributed by atoms with Gasteiger partial charge in [0, 0.05) is 13.0 Å². The normalized spacial score (nSPS) is 17.6. The van der Waals surface area contributed by atoms with Crippen LogP contribution in [0.5, 0.6) is 28.7 Å². The third-order valence-electron chi connectivity index (χ3n) is 4.60. The highest BCUT2D eigenvalue weighted by atomic mass is 127. The minimum atomic E-state index is -0.429. The molecule has 1 heterocycles. The van der Waals surface area contributed by atoms with E-state index in [1.165, 1.54) is 0 Å². The summed E-state index contributed by atoms with van der Waals surface area (Å²) in [6.45, 7) is 0.782. The number of hydrogen-bond donors (Lipinski definition) is 3. The van der Waals surface area contributed by atoms with Crippen LogP contribution in [0.25, 0.3) is 0 Å². The Bertz CT molecular complexity index is 809.